The van der Waals surface area contributed by atoms with Crippen LogP contribution in [0, 0.1) is 13.8 Å². The first-order valence-electron chi connectivity index (χ1n) is 6.76. The molecule has 0 aliphatic rings. The normalized spacial score (nSPS) is 11.6. The number of hydrogen-bond acceptors (Lipinski definition) is 5. The number of fused-ring (bicyclic) bond motifs is 1. The summed E-state index contributed by atoms with van der Waals surface area (Å²) in [4.78, 5) is 10.0. The molecule has 0 saturated carbocycles. The molecule has 6 nitrogen and oxygen atoms in total. The second-order valence-corrected chi connectivity index (χ2v) is 5.61. The molecule has 0 aliphatic carbocycles. The van der Waals surface area contributed by atoms with Gasteiger partial charge in [0, 0.05) is 18.1 Å². The fourth-order valence-electron chi connectivity index (χ4n) is 2.26. The molecule has 1 N–H and O–H groups in total. The fourth-order valence-corrected chi connectivity index (χ4v) is 2.99. The van der Waals surface area contributed by atoms with E-state index in [9.17, 15) is 0 Å². The molecule has 20 heavy (non-hydrogen) atoms. The van der Waals surface area contributed by atoms with Gasteiger partial charge in [0.15, 0.2) is 10.8 Å². The van der Waals surface area contributed by atoms with Crippen molar-refractivity contribution >= 4 is 16.3 Å². The van der Waals surface area contributed by atoms with Crippen molar-refractivity contribution in [3.05, 3.63) is 28.9 Å². The maximum absolute atomic E-state index is 4.70. The van der Waals surface area contributed by atoms with Crippen LogP contribution in [0.4, 0.5) is 0 Å². The SMILES string of the molecule is CCCNCc1c(-n2nc(C)nc2C)nc2sccn12. The van der Waals surface area contributed by atoms with Crippen LogP contribution in [0.3, 0.4) is 0 Å². The minimum atomic E-state index is 0.770. The molecule has 0 radical (unpaired) electrons. The van der Waals surface area contributed by atoms with Crippen LogP contribution in [0.15, 0.2) is 11.6 Å². The molecule has 0 saturated heterocycles. The van der Waals surface area contributed by atoms with Gasteiger partial charge in [0.1, 0.15) is 11.6 Å². The number of hydrogen-bond donors (Lipinski definition) is 1. The molecule has 0 spiro atoms. The first-order valence-corrected chi connectivity index (χ1v) is 7.64. The lowest BCUT2D eigenvalue weighted by atomic mass is 10.4. The van der Waals surface area contributed by atoms with Crippen LogP contribution in [0.2, 0.25) is 0 Å². The molecule has 106 valence electrons. The number of aromatic nitrogens is 5. The second kappa shape index (κ2) is 5.34. The van der Waals surface area contributed by atoms with E-state index in [1.54, 1.807) is 11.3 Å². The first-order chi connectivity index (χ1) is 9.70. The molecular formula is C13H18N6S. The van der Waals surface area contributed by atoms with Gasteiger partial charge in [0.2, 0.25) is 0 Å². The third-order valence-corrected chi connectivity index (χ3v) is 3.89. The van der Waals surface area contributed by atoms with Gasteiger partial charge < -0.3 is 5.32 Å². The van der Waals surface area contributed by atoms with Crippen molar-refractivity contribution in [2.24, 2.45) is 0 Å². The van der Waals surface area contributed by atoms with Gasteiger partial charge in [-0.15, -0.1) is 16.4 Å². The molecule has 3 rings (SSSR count). The van der Waals surface area contributed by atoms with Gasteiger partial charge in [-0.1, -0.05) is 6.92 Å². The fraction of sp³-hybridized carbons (Fsp3) is 0.462. The van der Waals surface area contributed by atoms with Crippen LogP contribution in [-0.2, 0) is 6.54 Å². The maximum Gasteiger partial charge on any atom is 0.196 e. The van der Waals surface area contributed by atoms with Crippen molar-refractivity contribution in [2.75, 3.05) is 6.54 Å². The number of nitrogens with zero attached hydrogens (tertiary/aromatic N) is 5. The van der Waals surface area contributed by atoms with Crippen LogP contribution in [0.5, 0.6) is 0 Å². The van der Waals surface area contributed by atoms with Gasteiger partial charge in [-0.2, -0.15) is 9.67 Å². The predicted octanol–water partition coefficient (Wildman–Crippen LogP) is 2.09. The quantitative estimate of drug-likeness (QED) is 0.731. The summed E-state index contributed by atoms with van der Waals surface area (Å²) in [5.74, 6) is 2.51. The summed E-state index contributed by atoms with van der Waals surface area (Å²) in [6.45, 7) is 7.79. The molecular weight excluding hydrogens is 272 g/mol. The Bertz CT molecular complexity index is 722. The molecule has 3 aromatic heterocycles. The van der Waals surface area contributed by atoms with Crippen molar-refractivity contribution in [3.63, 3.8) is 0 Å². The van der Waals surface area contributed by atoms with Gasteiger partial charge in [0.05, 0.1) is 5.69 Å². The lowest BCUT2D eigenvalue weighted by Gasteiger charge is -2.06. The standard InChI is InChI=1S/C13H18N6S/c1-4-5-14-8-11-12(16-13-18(11)6-7-20-13)19-10(3)15-9(2)17-19/h6-7,14H,4-5,8H2,1-3H3. The Morgan fingerprint density at radius 1 is 1.30 bits per heavy atom. The highest BCUT2D eigenvalue weighted by molar-refractivity contribution is 7.15. The average molecular weight is 290 g/mol. The largest absolute Gasteiger partial charge is 0.311 e. The van der Waals surface area contributed by atoms with Crippen molar-refractivity contribution in [1.29, 1.82) is 0 Å². The van der Waals surface area contributed by atoms with Crippen LogP contribution < -0.4 is 5.32 Å². The van der Waals surface area contributed by atoms with Crippen molar-refractivity contribution in [2.45, 2.75) is 33.7 Å². The Balaban J connectivity index is 2.07. The highest BCUT2D eigenvalue weighted by Crippen LogP contribution is 2.21. The lowest BCUT2D eigenvalue weighted by Crippen LogP contribution is -2.17. The summed E-state index contributed by atoms with van der Waals surface area (Å²) in [6, 6.07) is 0. The summed E-state index contributed by atoms with van der Waals surface area (Å²) in [7, 11) is 0. The minimum absolute atomic E-state index is 0.770. The first kappa shape index (κ1) is 13.3. The molecule has 0 amide bonds. The molecule has 3 aromatic rings. The maximum atomic E-state index is 4.70. The monoisotopic (exact) mass is 290 g/mol. The smallest absolute Gasteiger partial charge is 0.196 e. The topological polar surface area (TPSA) is 60.0 Å². The Morgan fingerprint density at radius 2 is 2.15 bits per heavy atom. The van der Waals surface area contributed by atoms with E-state index in [-0.39, 0.29) is 0 Å². The van der Waals surface area contributed by atoms with E-state index >= 15 is 0 Å². The minimum Gasteiger partial charge on any atom is -0.311 e. The van der Waals surface area contributed by atoms with Gasteiger partial charge in [-0.25, -0.2) is 4.98 Å². The van der Waals surface area contributed by atoms with Crippen molar-refractivity contribution in [3.8, 4) is 5.82 Å². The van der Waals surface area contributed by atoms with Gasteiger partial charge in [-0.3, -0.25) is 4.40 Å². The molecule has 0 atom stereocenters. The zero-order valence-corrected chi connectivity index (χ0v) is 12.7. The van der Waals surface area contributed by atoms with E-state index in [0.29, 0.717) is 0 Å². The van der Waals surface area contributed by atoms with Crippen molar-refractivity contribution in [1.82, 2.24) is 29.5 Å². The average Bonchev–Trinajstić information content (AvgIpc) is 3.05. The van der Waals surface area contributed by atoms with Crippen LogP contribution in [0.25, 0.3) is 10.8 Å². The Kier molecular flexibility index (Phi) is 3.54. The third kappa shape index (κ3) is 2.23. The van der Waals surface area contributed by atoms with E-state index in [1.165, 1.54) is 0 Å². The van der Waals surface area contributed by atoms with E-state index in [1.807, 2.05) is 18.5 Å². The van der Waals surface area contributed by atoms with E-state index in [4.69, 9.17) is 4.98 Å². The summed E-state index contributed by atoms with van der Waals surface area (Å²) >= 11 is 1.63. The Morgan fingerprint density at radius 3 is 2.85 bits per heavy atom. The second-order valence-electron chi connectivity index (χ2n) is 4.73. The van der Waals surface area contributed by atoms with E-state index in [2.05, 4.69) is 38.3 Å². The third-order valence-electron chi connectivity index (χ3n) is 3.13. The molecule has 7 heteroatoms. The molecule has 3 heterocycles. The van der Waals surface area contributed by atoms with E-state index in [0.717, 1.165) is 47.6 Å². The van der Waals surface area contributed by atoms with E-state index < -0.39 is 0 Å². The molecule has 0 unspecified atom stereocenters. The Hall–Kier alpha value is -1.73. The molecule has 0 bridgehead atoms. The highest BCUT2D eigenvalue weighted by Gasteiger charge is 2.17. The predicted molar refractivity (Wildman–Crippen MR) is 79.5 cm³/mol. The number of imidazole rings is 1. The van der Waals surface area contributed by atoms with Crippen LogP contribution in [-0.4, -0.2) is 30.7 Å². The summed E-state index contributed by atoms with van der Waals surface area (Å²) in [5, 5.41) is 9.94. The zero-order valence-electron chi connectivity index (χ0n) is 11.9. The molecule has 0 aliphatic heterocycles. The summed E-state index contributed by atoms with van der Waals surface area (Å²) in [5.41, 5.74) is 1.13. The summed E-state index contributed by atoms with van der Waals surface area (Å²) < 4.78 is 3.96. The van der Waals surface area contributed by atoms with Crippen molar-refractivity contribution < 1.29 is 0 Å². The van der Waals surface area contributed by atoms with Gasteiger partial charge in [-0.05, 0) is 26.8 Å². The zero-order chi connectivity index (χ0) is 14.1. The highest BCUT2D eigenvalue weighted by atomic mass is 32.1. The van der Waals surface area contributed by atoms with Crippen LogP contribution in [0.1, 0.15) is 30.7 Å². The number of nitrogens with one attached hydrogen (secondary N) is 1. The number of rotatable bonds is 5. The van der Waals surface area contributed by atoms with Gasteiger partial charge in [0.25, 0.3) is 0 Å². The molecule has 0 fully saturated rings. The lowest BCUT2D eigenvalue weighted by molar-refractivity contribution is 0.653. The van der Waals surface area contributed by atoms with Gasteiger partial charge >= 0.3 is 0 Å². The van der Waals surface area contributed by atoms with Crippen LogP contribution >= 0.6 is 11.3 Å². The number of thiazole rings is 1. The number of aryl methyl sites for hydroxylation is 2. The Labute approximate surface area is 121 Å². The summed E-state index contributed by atoms with van der Waals surface area (Å²) in [6.07, 6.45) is 3.17. The molecule has 0 aromatic carbocycles.